The lowest BCUT2D eigenvalue weighted by Gasteiger charge is -2.06. The molecule has 0 saturated carbocycles. The summed E-state index contributed by atoms with van der Waals surface area (Å²) >= 11 is 0. The number of nitrogens with one attached hydrogen (secondary N) is 1. The number of methoxy groups -OCH3 is 1. The molecule has 0 aliphatic rings. The van der Waals surface area contributed by atoms with Crippen LogP contribution in [0.2, 0.25) is 0 Å². The second kappa shape index (κ2) is 5.48. The Kier molecular flexibility index (Phi) is 3.75. The van der Waals surface area contributed by atoms with Gasteiger partial charge in [-0.2, -0.15) is 0 Å². The van der Waals surface area contributed by atoms with Crippen LogP contribution in [0.1, 0.15) is 10.4 Å². The molecule has 0 aliphatic carbocycles. The Balaban J connectivity index is 2.15. The smallest absolute Gasteiger partial charge is 0.255 e. The molecule has 0 heterocycles. The average Bonchev–Trinajstić information content (AvgIpc) is 2.37. The van der Waals surface area contributed by atoms with Gasteiger partial charge in [0, 0.05) is 17.3 Å². The van der Waals surface area contributed by atoms with Crippen molar-refractivity contribution in [2.75, 3.05) is 12.4 Å². The second-order valence-corrected chi connectivity index (χ2v) is 3.84. The molecule has 0 fully saturated rings. The van der Waals surface area contributed by atoms with E-state index in [1.54, 1.807) is 24.3 Å². The van der Waals surface area contributed by atoms with E-state index in [2.05, 4.69) is 5.32 Å². The normalized spacial score (nSPS) is 10.1. The fourth-order valence-corrected chi connectivity index (χ4v) is 1.57. The van der Waals surface area contributed by atoms with E-state index in [1.165, 1.54) is 7.11 Å². The first kappa shape index (κ1) is 13.0. The molecule has 0 aromatic heterocycles. The summed E-state index contributed by atoms with van der Waals surface area (Å²) in [6, 6.07) is 9.20. The van der Waals surface area contributed by atoms with Crippen LogP contribution in [0.5, 0.6) is 5.75 Å². The lowest BCUT2D eigenvalue weighted by atomic mass is 10.2. The first-order valence-electron chi connectivity index (χ1n) is 5.50. The highest BCUT2D eigenvalue weighted by molar-refractivity contribution is 6.04. The van der Waals surface area contributed by atoms with Gasteiger partial charge in [-0.3, -0.25) is 4.79 Å². The molecule has 0 saturated heterocycles. The first-order chi connectivity index (χ1) is 9.08. The summed E-state index contributed by atoms with van der Waals surface area (Å²) in [6.45, 7) is 0. The van der Waals surface area contributed by atoms with Crippen molar-refractivity contribution in [2.24, 2.45) is 0 Å². The van der Waals surface area contributed by atoms with Gasteiger partial charge in [0.15, 0.2) is 0 Å². The van der Waals surface area contributed by atoms with E-state index < -0.39 is 17.5 Å². The molecule has 0 bridgehead atoms. The van der Waals surface area contributed by atoms with Crippen molar-refractivity contribution >= 4 is 11.6 Å². The molecule has 2 aromatic carbocycles. The molecule has 2 rings (SSSR count). The number of carbonyl (C=O) groups is 1. The van der Waals surface area contributed by atoms with Crippen molar-refractivity contribution in [2.45, 2.75) is 0 Å². The third-order valence-corrected chi connectivity index (χ3v) is 2.47. The minimum absolute atomic E-state index is 0.0679. The van der Waals surface area contributed by atoms with Gasteiger partial charge in [-0.05, 0) is 36.4 Å². The van der Waals surface area contributed by atoms with Crippen molar-refractivity contribution in [3.05, 3.63) is 59.7 Å². The van der Waals surface area contributed by atoms with Crippen molar-refractivity contribution in [1.29, 1.82) is 0 Å². The van der Waals surface area contributed by atoms with Crippen LogP contribution in [0, 0.1) is 11.6 Å². The number of amides is 1. The molecular weight excluding hydrogens is 252 g/mol. The van der Waals surface area contributed by atoms with Crippen molar-refractivity contribution in [3.63, 3.8) is 0 Å². The first-order valence-corrected chi connectivity index (χ1v) is 5.50. The number of carbonyl (C=O) groups excluding carboxylic acids is 1. The van der Waals surface area contributed by atoms with Gasteiger partial charge in [0.1, 0.15) is 17.4 Å². The SMILES string of the molecule is COc1ccc(C(=O)Nc2cc(F)cc(F)c2)cc1. The molecule has 1 N–H and O–H groups in total. The van der Waals surface area contributed by atoms with Gasteiger partial charge in [0.25, 0.3) is 5.91 Å². The zero-order valence-electron chi connectivity index (χ0n) is 10.1. The summed E-state index contributed by atoms with van der Waals surface area (Å²) in [7, 11) is 1.52. The summed E-state index contributed by atoms with van der Waals surface area (Å²) in [4.78, 5) is 11.8. The van der Waals surface area contributed by atoms with Gasteiger partial charge in [0.05, 0.1) is 7.11 Å². The van der Waals surface area contributed by atoms with Crippen LogP contribution in [-0.2, 0) is 0 Å². The maximum absolute atomic E-state index is 13.0. The third-order valence-electron chi connectivity index (χ3n) is 2.47. The van der Waals surface area contributed by atoms with E-state index >= 15 is 0 Å². The van der Waals surface area contributed by atoms with E-state index in [-0.39, 0.29) is 5.69 Å². The molecule has 3 nitrogen and oxygen atoms in total. The molecule has 0 radical (unpaired) electrons. The van der Waals surface area contributed by atoms with E-state index in [0.717, 1.165) is 18.2 Å². The maximum Gasteiger partial charge on any atom is 0.255 e. The molecule has 98 valence electrons. The number of anilines is 1. The third kappa shape index (κ3) is 3.28. The Labute approximate surface area is 108 Å². The zero-order valence-corrected chi connectivity index (χ0v) is 10.1. The van der Waals surface area contributed by atoms with Crippen molar-refractivity contribution in [1.82, 2.24) is 0 Å². The number of benzene rings is 2. The number of hydrogen-bond acceptors (Lipinski definition) is 2. The summed E-state index contributed by atoms with van der Waals surface area (Å²) in [5, 5.41) is 2.42. The molecule has 1 amide bonds. The largest absolute Gasteiger partial charge is 0.497 e. The summed E-state index contributed by atoms with van der Waals surface area (Å²) in [6.07, 6.45) is 0. The number of ether oxygens (including phenoxy) is 1. The maximum atomic E-state index is 13.0. The summed E-state index contributed by atoms with van der Waals surface area (Å²) in [5.41, 5.74) is 0.434. The summed E-state index contributed by atoms with van der Waals surface area (Å²) < 4.78 is 30.9. The fraction of sp³-hybridized carbons (Fsp3) is 0.0714. The van der Waals surface area contributed by atoms with Crippen LogP contribution in [0.4, 0.5) is 14.5 Å². The standard InChI is InChI=1S/C14H11F2NO2/c1-19-13-4-2-9(3-5-13)14(18)17-12-7-10(15)6-11(16)8-12/h2-8H,1H3,(H,17,18). The van der Waals surface area contributed by atoms with Crippen molar-refractivity contribution < 1.29 is 18.3 Å². The molecule has 0 aliphatic heterocycles. The number of hydrogen-bond donors (Lipinski definition) is 1. The molecule has 5 heteroatoms. The highest BCUT2D eigenvalue weighted by Gasteiger charge is 2.08. The predicted octanol–water partition coefficient (Wildman–Crippen LogP) is 3.23. The molecule has 0 unspecified atom stereocenters. The van der Waals surface area contributed by atoms with Gasteiger partial charge in [-0.25, -0.2) is 8.78 Å². The van der Waals surface area contributed by atoms with Crippen LogP contribution in [0.25, 0.3) is 0 Å². The Morgan fingerprint density at radius 3 is 2.16 bits per heavy atom. The van der Waals surface area contributed by atoms with Gasteiger partial charge in [0.2, 0.25) is 0 Å². The van der Waals surface area contributed by atoms with Gasteiger partial charge in [-0.15, -0.1) is 0 Å². The minimum Gasteiger partial charge on any atom is -0.497 e. The van der Waals surface area contributed by atoms with E-state index in [0.29, 0.717) is 11.3 Å². The van der Waals surface area contributed by atoms with Gasteiger partial charge < -0.3 is 10.1 Å². The highest BCUT2D eigenvalue weighted by atomic mass is 19.1. The van der Waals surface area contributed by atoms with Gasteiger partial charge >= 0.3 is 0 Å². The van der Waals surface area contributed by atoms with E-state index in [9.17, 15) is 13.6 Å². The Morgan fingerprint density at radius 1 is 1.05 bits per heavy atom. The lowest BCUT2D eigenvalue weighted by Crippen LogP contribution is -2.12. The topological polar surface area (TPSA) is 38.3 Å². The molecule has 2 aromatic rings. The second-order valence-electron chi connectivity index (χ2n) is 3.84. The van der Waals surface area contributed by atoms with E-state index in [4.69, 9.17) is 4.74 Å². The van der Waals surface area contributed by atoms with E-state index in [1.807, 2.05) is 0 Å². The quantitative estimate of drug-likeness (QED) is 0.923. The van der Waals surface area contributed by atoms with Crippen molar-refractivity contribution in [3.8, 4) is 5.75 Å². The van der Waals surface area contributed by atoms with Crippen LogP contribution in [-0.4, -0.2) is 13.0 Å². The predicted molar refractivity (Wildman–Crippen MR) is 67.3 cm³/mol. The molecule has 19 heavy (non-hydrogen) atoms. The van der Waals surface area contributed by atoms with Gasteiger partial charge in [-0.1, -0.05) is 0 Å². The fourth-order valence-electron chi connectivity index (χ4n) is 1.57. The molecule has 0 atom stereocenters. The highest BCUT2D eigenvalue weighted by Crippen LogP contribution is 2.16. The summed E-state index contributed by atoms with van der Waals surface area (Å²) in [5.74, 6) is -1.32. The lowest BCUT2D eigenvalue weighted by molar-refractivity contribution is 0.102. The Hall–Kier alpha value is -2.43. The number of halogens is 2. The average molecular weight is 263 g/mol. The Morgan fingerprint density at radius 2 is 1.63 bits per heavy atom. The number of rotatable bonds is 3. The molecular formula is C14H11F2NO2. The minimum atomic E-state index is -0.745. The van der Waals surface area contributed by atoms with Crippen LogP contribution >= 0.6 is 0 Å². The monoisotopic (exact) mass is 263 g/mol. The van der Waals surface area contributed by atoms with Crippen LogP contribution < -0.4 is 10.1 Å². The van der Waals surface area contributed by atoms with Crippen LogP contribution in [0.15, 0.2) is 42.5 Å². The zero-order chi connectivity index (χ0) is 13.8. The Bertz CT molecular complexity index is 577. The van der Waals surface area contributed by atoms with Crippen LogP contribution in [0.3, 0.4) is 0 Å². The molecule has 0 spiro atoms.